The molecule has 4 amide bonds. The van der Waals surface area contributed by atoms with Crippen molar-refractivity contribution in [3.05, 3.63) is 0 Å². The third-order valence-corrected chi connectivity index (χ3v) is 6.86. The van der Waals surface area contributed by atoms with Crippen LogP contribution in [0.1, 0.15) is 80.6 Å². The van der Waals surface area contributed by atoms with Crippen molar-refractivity contribution in [3.8, 4) is 0 Å². The van der Waals surface area contributed by atoms with Gasteiger partial charge in [0.1, 0.15) is 17.2 Å². The van der Waals surface area contributed by atoms with E-state index in [0.717, 1.165) is 0 Å². The van der Waals surface area contributed by atoms with Crippen molar-refractivity contribution in [2.24, 2.45) is 5.41 Å². The van der Waals surface area contributed by atoms with Gasteiger partial charge in [-0.3, -0.25) is 40.3 Å². The maximum absolute atomic E-state index is 13.1. The molecule has 1 aliphatic heterocycles. The largest absolute Gasteiger partial charge is 0.456 e. The predicted molar refractivity (Wildman–Crippen MR) is 127 cm³/mol. The van der Waals surface area contributed by atoms with E-state index in [1.807, 2.05) is 6.92 Å². The Balaban J connectivity index is 2.97. The molecule has 1 aliphatic rings. The van der Waals surface area contributed by atoms with Crippen molar-refractivity contribution >= 4 is 29.6 Å². The lowest BCUT2D eigenvalue weighted by atomic mass is 9.58. The smallest absolute Gasteiger partial charge is 0.303 e. The average molecular weight is 500 g/mol. The Morgan fingerprint density at radius 2 is 1.43 bits per heavy atom. The van der Waals surface area contributed by atoms with Crippen molar-refractivity contribution in [2.75, 3.05) is 7.05 Å². The number of hydrogen-bond donors (Lipinski definition) is 5. The lowest BCUT2D eigenvalue weighted by molar-refractivity contribution is -0.269. The first-order chi connectivity index (χ1) is 16.2. The number of carbonyl (C=O) groups is 5. The van der Waals surface area contributed by atoms with Crippen LogP contribution in [0.4, 0.5) is 0 Å². The maximum atomic E-state index is 13.1. The number of esters is 1. The molecular formula is C23H41N5O7. The molecule has 12 heteroatoms. The Morgan fingerprint density at radius 1 is 0.886 bits per heavy atom. The fraction of sp³-hybridized carbons (Fsp3) is 0.783. The molecule has 0 spiro atoms. The van der Waals surface area contributed by atoms with E-state index in [-0.39, 0.29) is 24.7 Å². The van der Waals surface area contributed by atoms with Gasteiger partial charge in [0, 0.05) is 39.2 Å². The molecule has 0 aromatic rings. The summed E-state index contributed by atoms with van der Waals surface area (Å²) < 4.78 is 12.0. The average Bonchev–Trinajstić information content (AvgIpc) is 2.73. The van der Waals surface area contributed by atoms with Crippen LogP contribution >= 0.6 is 0 Å². The van der Waals surface area contributed by atoms with Crippen LogP contribution in [0, 0.1) is 5.41 Å². The third kappa shape index (κ3) is 6.91. The van der Waals surface area contributed by atoms with Gasteiger partial charge in [0.15, 0.2) is 0 Å². The van der Waals surface area contributed by atoms with Crippen LogP contribution < -0.4 is 27.0 Å². The molecule has 35 heavy (non-hydrogen) atoms. The van der Waals surface area contributed by atoms with Crippen LogP contribution in [0.3, 0.4) is 0 Å². The summed E-state index contributed by atoms with van der Waals surface area (Å²) in [6, 6.07) is 0. The summed E-state index contributed by atoms with van der Waals surface area (Å²) in [5.74, 6) is -2.10. The van der Waals surface area contributed by atoms with E-state index in [4.69, 9.17) is 9.47 Å². The molecule has 0 saturated carbocycles. The topological polar surface area (TPSA) is 164 Å². The van der Waals surface area contributed by atoms with Crippen LogP contribution in [0.2, 0.25) is 0 Å². The van der Waals surface area contributed by atoms with Crippen molar-refractivity contribution in [1.82, 2.24) is 27.0 Å². The van der Waals surface area contributed by atoms with E-state index in [0.29, 0.717) is 19.3 Å². The number of hydrazine groups is 2. The molecule has 0 bridgehead atoms. The van der Waals surface area contributed by atoms with Gasteiger partial charge in [-0.25, -0.2) is 5.43 Å². The normalized spacial score (nSPS) is 27.3. The Morgan fingerprint density at radius 3 is 1.89 bits per heavy atom. The Hall–Kier alpha value is -2.73. The monoisotopic (exact) mass is 499 g/mol. The summed E-state index contributed by atoms with van der Waals surface area (Å²) in [4.78, 5) is 60.9. The zero-order valence-corrected chi connectivity index (χ0v) is 22.0. The summed E-state index contributed by atoms with van der Waals surface area (Å²) in [5, 5.41) is 2.89. The van der Waals surface area contributed by atoms with E-state index in [1.165, 1.54) is 13.8 Å². The first-order valence-corrected chi connectivity index (χ1v) is 11.8. The predicted octanol–water partition coefficient (Wildman–Crippen LogP) is 0.365. The highest BCUT2D eigenvalue weighted by Gasteiger charge is 2.68. The number of hydrogen-bond acceptors (Lipinski definition) is 8. The highest BCUT2D eigenvalue weighted by Crippen LogP contribution is 2.52. The molecule has 200 valence electrons. The number of ether oxygens (including phenoxy) is 2. The van der Waals surface area contributed by atoms with E-state index in [9.17, 15) is 24.0 Å². The summed E-state index contributed by atoms with van der Waals surface area (Å²) in [6.07, 6.45) is -0.00381. The summed E-state index contributed by atoms with van der Waals surface area (Å²) in [7, 11) is 1.59. The van der Waals surface area contributed by atoms with Crippen molar-refractivity contribution in [2.45, 2.75) is 104 Å². The van der Waals surface area contributed by atoms with Gasteiger partial charge in [0.2, 0.25) is 17.7 Å². The SMILES string of the molecule is CC[C@H]1OC(C(=O)NNC(=O)CCCCC(=O)NNC)C(C)(C)C(C)(OC(C)=O)C1(C)NC(C)=O. The van der Waals surface area contributed by atoms with Crippen molar-refractivity contribution in [3.63, 3.8) is 0 Å². The first-order valence-electron chi connectivity index (χ1n) is 11.8. The minimum atomic E-state index is -1.34. The molecule has 1 rings (SSSR count). The van der Waals surface area contributed by atoms with Crippen LogP contribution in [0.5, 0.6) is 0 Å². The molecule has 4 atom stereocenters. The van der Waals surface area contributed by atoms with E-state index < -0.39 is 46.5 Å². The van der Waals surface area contributed by atoms with E-state index >= 15 is 0 Å². The van der Waals surface area contributed by atoms with Gasteiger partial charge >= 0.3 is 5.97 Å². The standard InChI is InChI=1S/C23H41N5O7/c1-9-16-22(6,25-14(2)29)23(7,35-15(3)30)21(4,5)19(34-16)20(33)28-27-18(32)13-11-10-12-17(31)26-24-8/h16,19,24H,9-13H2,1-8H3,(H,25,29)(H,26,31)(H,27,32)(H,28,33)/t16-,19?,22?,23?/m1/s1. The second-order valence-corrected chi connectivity index (χ2v) is 9.69. The highest BCUT2D eigenvalue weighted by molar-refractivity contribution is 5.86. The number of rotatable bonds is 10. The van der Waals surface area contributed by atoms with Gasteiger partial charge in [0.25, 0.3) is 5.91 Å². The minimum Gasteiger partial charge on any atom is -0.456 e. The molecule has 0 aromatic heterocycles. The van der Waals surface area contributed by atoms with E-state index in [1.54, 1.807) is 34.7 Å². The zero-order valence-electron chi connectivity index (χ0n) is 22.0. The van der Waals surface area contributed by atoms with Crippen LogP contribution in [0.25, 0.3) is 0 Å². The van der Waals surface area contributed by atoms with Gasteiger partial charge < -0.3 is 14.8 Å². The fourth-order valence-electron chi connectivity index (χ4n) is 4.71. The second-order valence-electron chi connectivity index (χ2n) is 9.69. The maximum Gasteiger partial charge on any atom is 0.303 e. The minimum absolute atomic E-state index is 0.116. The Bertz CT molecular complexity index is 818. The molecule has 12 nitrogen and oxygen atoms in total. The lowest BCUT2D eigenvalue weighted by Crippen LogP contribution is -2.80. The van der Waals surface area contributed by atoms with Crippen molar-refractivity contribution < 1.29 is 33.4 Å². The molecular weight excluding hydrogens is 458 g/mol. The van der Waals surface area contributed by atoms with Crippen LogP contribution in [0.15, 0.2) is 0 Å². The van der Waals surface area contributed by atoms with Crippen LogP contribution in [-0.2, 0) is 33.4 Å². The van der Waals surface area contributed by atoms with Crippen LogP contribution in [-0.4, -0.2) is 60.0 Å². The number of amides is 4. The molecule has 5 N–H and O–H groups in total. The summed E-state index contributed by atoms with van der Waals surface area (Å²) >= 11 is 0. The summed E-state index contributed by atoms with van der Waals surface area (Å²) in [5.41, 5.74) is 6.17. The highest BCUT2D eigenvalue weighted by atomic mass is 16.6. The van der Waals surface area contributed by atoms with Gasteiger partial charge in [-0.05, 0) is 33.1 Å². The molecule has 1 heterocycles. The summed E-state index contributed by atoms with van der Waals surface area (Å²) in [6.45, 7) is 11.3. The number of nitrogens with one attached hydrogen (secondary N) is 5. The van der Waals surface area contributed by atoms with E-state index in [2.05, 4.69) is 27.0 Å². The van der Waals surface area contributed by atoms with Gasteiger partial charge in [-0.1, -0.05) is 20.8 Å². The fourth-order valence-corrected chi connectivity index (χ4v) is 4.71. The second kappa shape index (κ2) is 12.3. The molecule has 1 fully saturated rings. The Kier molecular flexibility index (Phi) is 10.6. The van der Waals surface area contributed by atoms with Crippen molar-refractivity contribution in [1.29, 1.82) is 0 Å². The number of carbonyl (C=O) groups excluding carboxylic acids is 5. The van der Waals surface area contributed by atoms with Gasteiger partial charge in [-0.2, -0.15) is 0 Å². The molecule has 3 unspecified atom stereocenters. The van der Waals surface area contributed by atoms with Gasteiger partial charge in [-0.15, -0.1) is 0 Å². The molecule has 0 aliphatic carbocycles. The molecule has 0 radical (unpaired) electrons. The molecule has 0 aromatic carbocycles. The quantitative estimate of drug-likeness (QED) is 0.163. The zero-order chi connectivity index (χ0) is 27.0. The molecule has 1 saturated heterocycles. The third-order valence-electron chi connectivity index (χ3n) is 6.86. The van der Waals surface area contributed by atoms with Gasteiger partial charge in [0.05, 0.1) is 6.10 Å². The Labute approximate surface area is 206 Å². The first kappa shape index (κ1) is 30.3. The number of unbranched alkanes of at least 4 members (excludes halogenated alkanes) is 1. The lowest BCUT2D eigenvalue weighted by Gasteiger charge is -2.62.